The van der Waals surface area contributed by atoms with E-state index in [-0.39, 0.29) is 0 Å². The molecule has 2 aromatic heterocycles. The molecule has 0 spiro atoms. The standard InChI is InChI=1S/C17H19N5S.C2H6/c1-12(14-9-6-7-13(18-14)11-22(2)3)20-21-17-19-15-8-4-5-10-16(15)23-17;1-2/h4-10H,11H2,1-3H3,(H,19,21);1-2H3/b20-12+;. The number of thiazole rings is 1. The number of hydrogen-bond acceptors (Lipinski definition) is 6. The Bertz CT molecular complexity index is 805. The van der Waals surface area contributed by atoms with E-state index >= 15 is 0 Å². The summed E-state index contributed by atoms with van der Waals surface area (Å²) in [6.07, 6.45) is 0. The molecule has 3 rings (SSSR count). The van der Waals surface area contributed by atoms with E-state index in [1.54, 1.807) is 11.3 Å². The third kappa shape index (κ3) is 5.34. The lowest BCUT2D eigenvalue weighted by molar-refractivity contribution is 0.397. The SMILES string of the molecule is C/C(=N\Nc1nc2ccccc2s1)c1cccc(CN(C)C)n1.CC. The Kier molecular flexibility index (Phi) is 7.03. The van der Waals surface area contributed by atoms with Gasteiger partial charge in [-0.2, -0.15) is 5.10 Å². The second-order valence-corrected chi connectivity index (χ2v) is 6.58. The molecule has 0 fully saturated rings. The minimum atomic E-state index is 0.787. The first-order valence-corrected chi connectivity index (χ1v) is 9.20. The van der Waals surface area contributed by atoms with Crippen LogP contribution in [0.1, 0.15) is 32.2 Å². The summed E-state index contributed by atoms with van der Waals surface area (Å²) >= 11 is 1.59. The van der Waals surface area contributed by atoms with Gasteiger partial charge in [0.1, 0.15) is 0 Å². The largest absolute Gasteiger partial charge is 0.304 e. The quantitative estimate of drug-likeness (QED) is 0.536. The van der Waals surface area contributed by atoms with Gasteiger partial charge in [0.25, 0.3) is 0 Å². The van der Waals surface area contributed by atoms with Crippen molar-refractivity contribution in [1.82, 2.24) is 14.9 Å². The van der Waals surface area contributed by atoms with Crippen LogP contribution in [0.4, 0.5) is 5.13 Å². The topological polar surface area (TPSA) is 53.4 Å². The first kappa shape index (κ1) is 19.0. The van der Waals surface area contributed by atoms with Gasteiger partial charge in [0.2, 0.25) is 5.13 Å². The van der Waals surface area contributed by atoms with E-state index in [2.05, 4.69) is 31.5 Å². The molecule has 6 heteroatoms. The molecule has 0 aliphatic carbocycles. The first-order valence-electron chi connectivity index (χ1n) is 8.39. The molecular formula is C19H25N5S. The van der Waals surface area contributed by atoms with Crippen LogP contribution in [0, 0.1) is 0 Å². The number of hydrazone groups is 1. The van der Waals surface area contributed by atoms with Gasteiger partial charge in [0, 0.05) is 6.54 Å². The van der Waals surface area contributed by atoms with Crippen LogP contribution in [0.15, 0.2) is 47.6 Å². The summed E-state index contributed by atoms with van der Waals surface area (Å²) in [5.41, 5.74) is 6.76. The van der Waals surface area contributed by atoms with Crippen molar-refractivity contribution in [3.05, 3.63) is 53.9 Å². The summed E-state index contributed by atoms with van der Waals surface area (Å²) < 4.78 is 1.15. The van der Waals surface area contributed by atoms with Crippen LogP contribution in [0.3, 0.4) is 0 Å². The summed E-state index contributed by atoms with van der Waals surface area (Å²) in [5.74, 6) is 0. The number of nitrogens with one attached hydrogen (secondary N) is 1. The second-order valence-electron chi connectivity index (χ2n) is 5.55. The maximum absolute atomic E-state index is 4.64. The van der Waals surface area contributed by atoms with E-state index in [9.17, 15) is 0 Å². The van der Waals surface area contributed by atoms with Gasteiger partial charge in [-0.05, 0) is 45.3 Å². The highest BCUT2D eigenvalue weighted by Crippen LogP contribution is 2.25. The molecule has 5 nitrogen and oxygen atoms in total. The Morgan fingerprint density at radius 1 is 1.08 bits per heavy atom. The molecule has 1 N–H and O–H groups in total. The zero-order chi connectivity index (χ0) is 18.2. The molecule has 0 bridgehead atoms. The predicted octanol–water partition coefficient (Wildman–Crippen LogP) is 4.62. The summed E-state index contributed by atoms with van der Waals surface area (Å²) in [6, 6.07) is 14.1. The average molecular weight is 356 g/mol. The number of rotatable bonds is 5. The molecule has 2 heterocycles. The minimum Gasteiger partial charge on any atom is -0.304 e. The van der Waals surface area contributed by atoms with Gasteiger partial charge in [-0.15, -0.1) is 0 Å². The predicted molar refractivity (Wildman–Crippen MR) is 108 cm³/mol. The second kappa shape index (κ2) is 9.25. The summed E-state index contributed by atoms with van der Waals surface area (Å²) in [7, 11) is 4.06. The molecule has 0 saturated heterocycles. The smallest absolute Gasteiger partial charge is 0.204 e. The Morgan fingerprint density at radius 3 is 2.56 bits per heavy atom. The maximum Gasteiger partial charge on any atom is 0.204 e. The van der Waals surface area contributed by atoms with Gasteiger partial charge < -0.3 is 4.90 Å². The Morgan fingerprint density at radius 2 is 1.84 bits per heavy atom. The molecule has 0 unspecified atom stereocenters. The fourth-order valence-corrected chi connectivity index (χ4v) is 3.01. The van der Waals surface area contributed by atoms with Crippen molar-refractivity contribution in [3.8, 4) is 0 Å². The fourth-order valence-electron chi connectivity index (χ4n) is 2.20. The summed E-state index contributed by atoms with van der Waals surface area (Å²) in [4.78, 5) is 11.2. The number of fused-ring (bicyclic) bond motifs is 1. The molecule has 0 amide bonds. The number of hydrogen-bond donors (Lipinski definition) is 1. The Balaban J connectivity index is 0.00000109. The van der Waals surface area contributed by atoms with Gasteiger partial charge in [0.05, 0.1) is 27.3 Å². The molecular weight excluding hydrogens is 330 g/mol. The highest BCUT2D eigenvalue weighted by atomic mass is 32.1. The van der Waals surface area contributed by atoms with E-state index in [1.807, 2.05) is 71.3 Å². The van der Waals surface area contributed by atoms with Gasteiger partial charge in [0.15, 0.2) is 0 Å². The van der Waals surface area contributed by atoms with Crippen LogP contribution < -0.4 is 5.43 Å². The fraction of sp³-hybridized carbons (Fsp3) is 0.316. The lowest BCUT2D eigenvalue weighted by Gasteiger charge is -2.09. The molecule has 0 atom stereocenters. The Labute approximate surface area is 153 Å². The molecule has 0 aliphatic heterocycles. The molecule has 1 aromatic carbocycles. The minimum absolute atomic E-state index is 0.787. The third-order valence-corrected chi connectivity index (χ3v) is 4.21. The number of para-hydroxylation sites is 1. The van der Waals surface area contributed by atoms with Crippen LogP contribution in [-0.2, 0) is 6.54 Å². The van der Waals surface area contributed by atoms with Crippen LogP contribution in [0.2, 0.25) is 0 Å². The van der Waals surface area contributed by atoms with E-state index in [0.717, 1.165) is 39.0 Å². The molecule has 0 aliphatic rings. The first-order chi connectivity index (χ1) is 12.1. The number of nitrogens with zero attached hydrogens (tertiary/aromatic N) is 4. The van der Waals surface area contributed by atoms with Crippen molar-refractivity contribution in [2.45, 2.75) is 27.3 Å². The van der Waals surface area contributed by atoms with E-state index in [0.29, 0.717) is 0 Å². The average Bonchev–Trinajstić information content (AvgIpc) is 3.04. The number of anilines is 1. The van der Waals surface area contributed by atoms with Crippen molar-refractivity contribution < 1.29 is 0 Å². The van der Waals surface area contributed by atoms with Crippen molar-refractivity contribution in [3.63, 3.8) is 0 Å². The van der Waals surface area contributed by atoms with E-state index in [1.165, 1.54) is 0 Å². The van der Waals surface area contributed by atoms with Crippen molar-refractivity contribution in [2.75, 3.05) is 19.5 Å². The van der Waals surface area contributed by atoms with Crippen LogP contribution >= 0.6 is 11.3 Å². The molecule has 0 radical (unpaired) electrons. The van der Waals surface area contributed by atoms with Crippen LogP contribution in [0.25, 0.3) is 10.2 Å². The van der Waals surface area contributed by atoms with Crippen LogP contribution in [0.5, 0.6) is 0 Å². The number of benzene rings is 1. The summed E-state index contributed by atoms with van der Waals surface area (Å²) in [6.45, 7) is 6.76. The van der Waals surface area contributed by atoms with Gasteiger partial charge in [-0.1, -0.05) is 43.4 Å². The maximum atomic E-state index is 4.64. The molecule has 25 heavy (non-hydrogen) atoms. The van der Waals surface area contributed by atoms with Crippen LogP contribution in [-0.4, -0.2) is 34.7 Å². The van der Waals surface area contributed by atoms with Crippen molar-refractivity contribution in [2.24, 2.45) is 5.10 Å². The molecule has 0 saturated carbocycles. The van der Waals surface area contributed by atoms with Crippen molar-refractivity contribution in [1.29, 1.82) is 0 Å². The monoisotopic (exact) mass is 355 g/mol. The lowest BCUT2D eigenvalue weighted by Crippen LogP contribution is -2.13. The van der Waals surface area contributed by atoms with Crippen molar-refractivity contribution >= 4 is 32.4 Å². The lowest BCUT2D eigenvalue weighted by atomic mass is 10.2. The normalized spacial score (nSPS) is 11.4. The molecule has 3 aromatic rings. The zero-order valence-electron chi connectivity index (χ0n) is 15.4. The highest BCUT2D eigenvalue weighted by Gasteiger charge is 2.04. The van der Waals surface area contributed by atoms with Gasteiger partial charge >= 0.3 is 0 Å². The Hall–Kier alpha value is -2.31. The highest BCUT2D eigenvalue weighted by molar-refractivity contribution is 7.22. The van der Waals surface area contributed by atoms with E-state index in [4.69, 9.17) is 0 Å². The van der Waals surface area contributed by atoms with Gasteiger partial charge in [-0.25, -0.2) is 4.98 Å². The zero-order valence-corrected chi connectivity index (χ0v) is 16.3. The summed E-state index contributed by atoms with van der Waals surface area (Å²) in [5, 5.41) is 5.21. The molecule has 132 valence electrons. The third-order valence-electron chi connectivity index (χ3n) is 3.27. The number of pyridine rings is 1. The van der Waals surface area contributed by atoms with E-state index < -0.39 is 0 Å². The van der Waals surface area contributed by atoms with Gasteiger partial charge in [-0.3, -0.25) is 10.4 Å². The number of aromatic nitrogens is 2.